The molecule has 0 aromatic carbocycles. The van der Waals surface area contributed by atoms with Crippen molar-refractivity contribution in [1.82, 2.24) is 9.97 Å². The molecule has 0 bridgehead atoms. The van der Waals surface area contributed by atoms with E-state index in [2.05, 4.69) is 36.1 Å². The lowest BCUT2D eigenvalue weighted by atomic mass is 10.1. The third-order valence-electron chi connectivity index (χ3n) is 3.17. The molecule has 0 atom stereocenters. The third-order valence-corrected chi connectivity index (χ3v) is 4.36. The van der Waals surface area contributed by atoms with Crippen molar-refractivity contribution < 1.29 is 0 Å². The molecule has 3 nitrogen and oxygen atoms in total. The number of rotatable bonds is 1. The van der Waals surface area contributed by atoms with E-state index in [1.54, 1.807) is 0 Å². The van der Waals surface area contributed by atoms with Gasteiger partial charge in [0.2, 0.25) is 0 Å². The van der Waals surface area contributed by atoms with Gasteiger partial charge in [-0.15, -0.1) is 11.3 Å². The Balaban J connectivity index is 2.22. The Morgan fingerprint density at radius 3 is 2.67 bits per heavy atom. The summed E-state index contributed by atoms with van der Waals surface area (Å²) in [5.74, 6) is 1.87. The van der Waals surface area contributed by atoms with Gasteiger partial charge in [-0.25, -0.2) is 9.97 Å². The van der Waals surface area contributed by atoms with Gasteiger partial charge >= 0.3 is 0 Å². The molecule has 18 heavy (non-hydrogen) atoms. The second-order valence-corrected chi connectivity index (χ2v) is 7.12. The Morgan fingerprint density at radius 2 is 1.94 bits per heavy atom. The van der Waals surface area contributed by atoms with Gasteiger partial charge in [0.05, 0.1) is 5.39 Å². The van der Waals surface area contributed by atoms with Crippen LogP contribution in [0, 0.1) is 6.92 Å². The fourth-order valence-electron chi connectivity index (χ4n) is 2.55. The molecular formula is C14H19N3S. The van der Waals surface area contributed by atoms with E-state index in [9.17, 15) is 0 Å². The smallest absolute Gasteiger partial charge is 0.139 e. The minimum absolute atomic E-state index is 0.0289. The quantitative estimate of drug-likeness (QED) is 0.850. The van der Waals surface area contributed by atoms with Crippen LogP contribution in [0.5, 0.6) is 0 Å². The van der Waals surface area contributed by atoms with E-state index in [1.165, 1.54) is 35.1 Å². The summed E-state index contributed by atoms with van der Waals surface area (Å²) in [5, 5.41) is 4.81. The number of thiophene rings is 1. The van der Waals surface area contributed by atoms with E-state index in [0.29, 0.717) is 0 Å². The predicted molar refractivity (Wildman–Crippen MR) is 77.6 cm³/mol. The lowest BCUT2D eigenvalue weighted by Gasteiger charge is -2.22. The Bertz CT molecular complexity index is 608. The van der Waals surface area contributed by atoms with Crippen LogP contribution in [0.4, 0.5) is 5.82 Å². The van der Waals surface area contributed by atoms with E-state index >= 15 is 0 Å². The molecule has 2 aromatic heterocycles. The molecule has 96 valence electrons. The summed E-state index contributed by atoms with van der Waals surface area (Å²) in [7, 11) is 0. The predicted octanol–water partition coefficient (Wildman–Crippen LogP) is 3.70. The maximum Gasteiger partial charge on any atom is 0.139 e. The van der Waals surface area contributed by atoms with Crippen molar-refractivity contribution in [3.05, 3.63) is 16.3 Å². The summed E-state index contributed by atoms with van der Waals surface area (Å²) in [4.78, 5) is 11.9. The highest BCUT2D eigenvalue weighted by Gasteiger charge is 2.23. The van der Waals surface area contributed by atoms with Crippen LogP contribution in [0.3, 0.4) is 0 Å². The molecule has 0 radical (unpaired) electrons. The summed E-state index contributed by atoms with van der Waals surface area (Å²) in [5.41, 5.74) is 1.52. The number of fused-ring (bicyclic) bond motifs is 3. The molecule has 1 aliphatic rings. The lowest BCUT2D eigenvalue weighted by molar-refractivity contribution is 0.631. The van der Waals surface area contributed by atoms with Crippen molar-refractivity contribution in [3.63, 3.8) is 0 Å². The van der Waals surface area contributed by atoms with Crippen LogP contribution in [0.2, 0.25) is 0 Å². The van der Waals surface area contributed by atoms with E-state index in [4.69, 9.17) is 0 Å². The van der Waals surface area contributed by atoms with E-state index in [-0.39, 0.29) is 5.54 Å². The normalized spacial score (nSPS) is 15.1. The molecule has 4 heteroatoms. The van der Waals surface area contributed by atoms with Crippen LogP contribution >= 0.6 is 11.3 Å². The standard InChI is InChI=1S/C14H19N3S/c1-8-15-12(17-14(2,3)4)11-9-6-5-7-10(9)18-13(11)16-8/h5-7H2,1-4H3,(H,15,16,17). The van der Waals surface area contributed by atoms with Crippen molar-refractivity contribution in [2.24, 2.45) is 0 Å². The van der Waals surface area contributed by atoms with Gasteiger partial charge in [-0.2, -0.15) is 0 Å². The van der Waals surface area contributed by atoms with Crippen molar-refractivity contribution in [2.45, 2.75) is 52.5 Å². The first-order chi connectivity index (χ1) is 8.44. The Hall–Kier alpha value is -1.16. The summed E-state index contributed by atoms with van der Waals surface area (Å²) < 4.78 is 0. The zero-order valence-electron chi connectivity index (χ0n) is 11.4. The average Bonchev–Trinajstić information content (AvgIpc) is 2.72. The summed E-state index contributed by atoms with van der Waals surface area (Å²) in [6, 6.07) is 0. The van der Waals surface area contributed by atoms with Crippen LogP contribution in [-0.4, -0.2) is 15.5 Å². The summed E-state index contributed by atoms with van der Waals surface area (Å²) >= 11 is 1.85. The van der Waals surface area contributed by atoms with Gasteiger partial charge < -0.3 is 5.32 Å². The monoisotopic (exact) mass is 261 g/mol. The molecule has 0 unspecified atom stereocenters. The molecule has 0 amide bonds. The minimum Gasteiger partial charge on any atom is -0.365 e. The Kier molecular flexibility index (Phi) is 2.59. The topological polar surface area (TPSA) is 37.8 Å². The van der Waals surface area contributed by atoms with Crippen LogP contribution < -0.4 is 5.32 Å². The summed E-state index contributed by atoms with van der Waals surface area (Å²) in [6.07, 6.45) is 3.67. The number of anilines is 1. The average molecular weight is 261 g/mol. The molecule has 1 aliphatic carbocycles. The molecular weight excluding hydrogens is 242 g/mol. The first-order valence-electron chi connectivity index (χ1n) is 6.51. The highest BCUT2D eigenvalue weighted by molar-refractivity contribution is 7.19. The Morgan fingerprint density at radius 1 is 1.17 bits per heavy atom. The fraction of sp³-hybridized carbons (Fsp3) is 0.571. The summed E-state index contributed by atoms with van der Waals surface area (Å²) in [6.45, 7) is 8.48. The van der Waals surface area contributed by atoms with Gasteiger partial charge in [0.25, 0.3) is 0 Å². The van der Waals surface area contributed by atoms with Gasteiger partial charge in [0, 0.05) is 10.4 Å². The van der Waals surface area contributed by atoms with E-state index < -0.39 is 0 Å². The molecule has 1 N–H and O–H groups in total. The lowest BCUT2D eigenvalue weighted by Crippen LogP contribution is -2.27. The van der Waals surface area contributed by atoms with Gasteiger partial charge in [-0.05, 0) is 52.5 Å². The number of hydrogen-bond acceptors (Lipinski definition) is 4. The number of nitrogens with one attached hydrogen (secondary N) is 1. The van der Waals surface area contributed by atoms with Gasteiger partial charge in [0.1, 0.15) is 16.5 Å². The third kappa shape index (κ3) is 1.99. The first-order valence-corrected chi connectivity index (χ1v) is 7.33. The number of hydrogen-bond donors (Lipinski definition) is 1. The Labute approximate surface area is 112 Å². The first kappa shape index (κ1) is 11.9. The maximum atomic E-state index is 4.62. The number of aryl methyl sites for hydroxylation is 3. The molecule has 2 heterocycles. The molecule has 3 rings (SSSR count). The highest BCUT2D eigenvalue weighted by atomic mass is 32.1. The van der Waals surface area contributed by atoms with Crippen molar-refractivity contribution in [2.75, 3.05) is 5.32 Å². The van der Waals surface area contributed by atoms with Crippen LogP contribution in [0.15, 0.2) is 0 Å². The van der Waals surface area contributed by atoms with E-state index in [0.717, 1.165) is 16.5 Å². The van der Waals surface area contributed by atoms with Gasteiger partial charge in [-0.3, -0.25) is 0 Å². The van der Waals surface area contributed by atoms with Gasteiger partial charge in [0.15, 0.2) is 0 Å². The largest absolute Gasteiger partial charge is 0.365 e. The van der Waals surface area contributed by atoms with Crippen molar-refractivity contribution in [3.8, 4) is 0 Å². The highest BCUT2D eigenvalue weighted by Crippen LogP contribution is 2.39. The minimum atomic E-state index is 0.0289. The molecule has 0 saturated carbocycles. The number of nitrogens with zero attached hydrogens (tertiary/aromatic N) is 2. The van der Waals surface area contributed by atoms with Crippen molar-refractivity contribution in [1.29, 1.82) is 0 Å². The zero-order chi connectivity index (χ0) is 12.9. The van der Waals surface area contributed by atoms with Crippen LogP contribution in [0.25, 0.3) is 10.2 Å². The second-order valence-electron chi connectivity index (χ2n) is 6.03. The SMILES string of the molecule is Cc1nc(NC(C)(C)C)c2c3c(sc2n1)CCC3. The van der Waals surface area contributed by atoms with Gasteiger partial charge in [-0.1, -0.05) is 0 Å². The number of aromatic nitrogens is 2. The zero-order valence-corrected chi connectivity index (χ0v) is 12.2. The molecule has 2 aromatic rings. The van der Waals surface area contributed by atoms with E-state index in [1.807, 2.05) is 18.3 Å². The molecule has 0 spiro atoms. The maximum absolute atomic E-state index is 4.62. The fourth-order valence-corrected chi connectivity index (χ4v) is 3.85. The second kappa shape index (κ2) is 3.92. The molecule has 0 fully saturated rings. The van der Waals surface area contributed by atoms with Crippen molar-refractivity contribution >= 4 is 27.4 Å². The van der Waals surface area contributed by atoms with Crippen LogP contribution in [-0.2, 0) is 12.8 Å². The molecule has 0 saturated heterocycles. The molecule has 0 aliphatic heterocycles. The van der Waals surface area contributed by atoms with Crippen LogP contribution in [0.1, 0.15) is 43.5 Å².